The van der Waals surface area contributed by atoms with Gasteiger partial charge in [0.15, 0.2) is 5.69 Å². The van der Waals surface area contributed by atoms with E-state index >= 15 is 0 Å². The van der Waals surface area contributed by atoms with Crippen molar-refractivity contribution < 1.29 is 19.3 Å². The number of nitrogens with two attached hydrogens (primary N) is 1. The third-order valence-electron chi connectivity index (χ3n) is 5.02. The molecule has 1 aromatic heterocycles. The number of nitriles is 2. The van der Waals surface area contributed by atoms with Crippen molar-refractivity contribution in [3.05, 3.63) is 80.0 Å². The molecule has 0 radical (unpaired) electrons. The number of hydrogen-bond acceptors (Lipinski definition) is 7. The minimum Gasteiger partial charge on any atom is -0.463 e. The molecule has 1 atom stereocenters. The Balaban J connectivity index is 2.11. The van der Waals surface area contributed by atoms with Crippen molar-refractivity contribution >= 4 is 33.7 Å². The summed E-state index contributed by atoms with van der Waals surface area (Å²) in [4.78, 5) is 16.3. The molecule has 1 unspecified atom stereocenters. The summed E-state index contributed by atoms with van der Waals surface area (Å²) < 4.78 is 12.0. The van der Waals surface area contributed by atoms with E-state index in [-0.39, 0.29) is 29.4 Å². The first-order valence-corrected chi connectivity index (χ1v) is 11.9. The first kappa shape index (κ1) is 24.4. The number of carbonyl (C=O) groups is 1. The molecule has 2 aromatic rings. The van der Waals surface area contributed by atoms with Gasteiger partial charge in [-0.25, -0.2) is 9.78 Å². The van der Waals surface area contributed by atoms with Crippen molar-refractivity contribution in [3.63, 3.8) is 0 Å². The average Bonchev–Trinajstić information content (AvgIpc) is 2.77. The number of rotatable bonds is 6. The molecule has 0 bridgehead atoms. The highest BCUT2D eigenvalue weighted by Gasteiger charge is 2.38. The number of benzene rings is 1. The molecule has 33 heavy (non-hydrogen) atoms. The number of nitrogens with zero attached hydrogens (tertiary/aromatic N) is 2. The number of nitrogens with one attached hydrogen (secondary N) is 1. The molecule has 2 heterocycles. The Morgan fingerprint density at radius 1 is 1.27 bits per heavy atom. The highest BCUT2D eigenvalue weighted by Crippen LogP contribution is 2.41. The van der Waals surface area contributed by atoms with Crippen LogP contribution < -0.4 is 10.7 Å². The van der Waals surface area contributed by atoms with Gasteiger partial charge in [0, 0.05) is 17.5 Å². The largest absolute Gasteiger partial charge is 0.463 e. The van der Waals surface area contributed by atoms with Crippen molar-refractivity contribution in [3.8, 4) is 12.1 Å². The Hall–Kier alpha value is -3.27. The fraction of sp³-hybridized carbons (Fsp3) is 0.250. The SMILES string of the molecule is CCOC(=O)C1=C(CSc2[nH+]c(C)cc(C)c2C#N)OC(N)=C(C#N)C1c1ccc(Br)cc1. The number of thioether (sulfide) groups is 1. The van der Waals surface area contributed by atoms with Crippen LogP contribution in [0.1, 0.15) is 35.2 Å². The number of halogens is 1. The van der Waals surface area contributed by atoms with Crippen LogP contribution in [0.2, 0.25) is 0 Å². The molecule has 1 aliphatic heterocycles. The van der Waals surface area contributed by atoms with Crippen molar-refractivity contribution in [1.82, 2.24) is 0 Å². The van der Waals surface area contributed by atoms with Gasteiger partial charge in [0.1, 0.15) is 29.0 Å². The zero-order valence-corrected chi connectivity index (χ0v) is 20.8. The highest BCUT2D eigenvalue weighted by atomic mass is 79.9. The normalized spacial score (nSPS) is 15.5. The number of aromatic amines is 1. The topological polar surface area (TPSA) is 123 Å². The van der Waals surface area contributed by atoms with Crippen LogP contribution in [0.25, 0.3) is 0 Å². The van der Waals surface area contributed by atoms with E-state index in [0.717, 1.165) is 15.7 Å². The smallest absolute Gasteiger partial charge is 0.338 e. The maximum atomic E-state index is 13.1. The van der Waals surface area contributed by atoms with Crippen LogP contribution in [0, 0.1) is 36.5 Å². The molecule has 0 saturated carbocycles. The lowest BCUT2D eigenvalue weighted by Crippen LogP contribution is -2.27. The molecule has 0 aliphatic carbocycles. The minimum atomic E-state index is -0.731. The number of aromatic nitrogens is 1. The van der Waals surface area contributed by atoms with E-state index in [0.29, 0.717) is 21.9 Å². The standard InChI is InChI=1S/C24H21BrN4O3S/c1-4-31-24(30)21-19(12-33-23-17(10-26)13(2)9-14(3)29-23)32-22(28)18(11-27)20(21)15-5-7-16(25)8-6-15/h5-9,20H,4,12,28H2,1-3H3/p+1. The number of H-pyrrole nitrogens is 1. The number of aryl methyl sites for hydroxylation is 2. The summed E-state index contributed by atoms with van der Waals surface area (Å²) in [5.74, 6) is -0.871. The average molecular weight is 526 g/mol. The molecule has 7 nitrogen and oxygen atoms in total. The predicted octanol–water partition coefficient (Wildman–Crippen LogP) is 4.17. The maximum absolute atomic E-state index is 13.1. The molecule has 1 aliphatic rings. The quantitative estimate of drug-likeness (QED) is 0.443. The Labute approximate surface area is 205 Å². The minimum absolute atomic E-state index is 0.0565. The van der Waals surface area contributed by atoms with Gasteiger partial charge in [-0.2, -0.15) is 10.5 Å². The van der Waals surface area contributed by atoms with E-state index in [2.05, 4.69) is 33.1 Å². The van der Waals surface area contributed by atoms with Crippen LogP contribution in [0.3, 0.4) is 0 Å². The molecular weight excluding hydrogens is 504 g/mol. The summed E-state index contributed by atoms with van der Waals surface area (Å²) in [6, 6.07) is 13.5. The zero-order valence-electron chi connectivity index (χ0n) is 18.4. The molecule has 0 amide bonds. The summed E-state index contributed by atoms with van der Waals surface area (Å²) in [6.07, 6.45) is 0. The second-order valence-electron chi connectivity index (χ2n) is 7.27. The van der Waals surface area contributed by atoms with Crippen molar-refractivity contribution in [2.45, 2.75) is 31.7 Å². The van der Waals surface area contributed by atoms with Gasteiger partial charge < -0.3 is 15.2 Å². The number of ether oxygens (including phenoxy) is 2. The Bertz CT molecular complexity index is 1240. The third-order valence-corrected chi connectivity index (χ3v) is 6.55. The van der Waals surface area contributed by atoms with Crippen LogP contribution >= 0.6 is 27.7 Å². The maximum Gasteiger partial charge on any atom is 0.338 e. The number of pyridine rings is 1. The van der Waals surface area contributed by atoms with Crippen molar-refractivity contribution in [1.29, 1.82) is 10.5 Å². The number of esters is 1. The van der Waals surface area contributed by atoms with Gasteiger partial charge in [-0.3, -0.25) is 0 Å². The molecule has 3 rings (SSSR count). The van der Waals surface area contributed by atoms with Gasteiger partial charge in [-0.05, 0) is 48.9 Å². The van der Waals surface area contributed by atoms with Gasteiger partial charge in [0.25, 0.3) is 5.03 Å². The van der Waals surface area contributed by atoms with Crippen LogP contribution in [0.15, 0.2) is 62.6 Å². The number of hydrogen-bond donors (Lipinski definition) is 1. The lowest BCUT2D eigenvalue weighted by molar-refractivity contribution is -0.435. The summed E-state index contributed by atoms with van der Waals surface area (Å²) in [5.41, 5.74) is 9.46. The Morgan fingerprint density at radius 2 is 1.97 bits per heavy atom. The number of allylic oxidation sites excluding steroid dienone is 1. The molecular formula is C24H22BrN4O3S+. The Morgan fingerprint density at radius 3 is 2.58 bits per heavy atom. The second kappa shape index (κ2) is 10.6. The van der Waals surface area contributed by atoms with Crippen molar-refractivity contribution in [2.75, 3.05) is 12.4 Å². The molecule has 3 N–H and O–H groups in total. The molecule has 168 valence electrons. The summed E-state index contributed by atoms with van der Waals surface area (Å²) >= 11 is 4.73. The van der Waals surface area contributed by atoms with E-state index in [1.54, 1.807) is 6.92 Å². The predicted molar refractivity (Wildman–Crippen MR) is 126 cm³/mol. The van der Waals surface area contributed by atoms with E-state index < -0.39 is 11.9 Å². The third kappa shape index (κ3) is 5.22. The number of carbonyl (C=O) groups excluding carboxylic acids is 1. The van der Waals surface area contributed by atoms with Gasteiger partial charge in [0.2, 0.25) is 5.88 Å². The van der Waals surface area contributed by atoms with E-state index in [1.807, 2.05) is 44.2 Å². The van der Waals surface area contributed by atoms with E-state index in [9.17, 15) is 15.3 Å². The molecule has 1 aromatic carbocycles. The first-order valence-electron chi connectivity index (χ1n) is 10.1. The molecule has 0 spiro atoms. The van der Waals surface area contributed by atoms with Gasteiger partial charge in [0.05, 0.1) is 23.9 Å². The lowest BCUT2D eigenvalue weighted by atomic mass is 9.83. The highest BCUT2D eigenvalue weighted by molar-refractivity contribution is 9.10. The first-order chi connectivity index (χ1) is 15.8. The van der Waals surface area contributed by atoms with Gasteiger partial charge in [-0.1, -0.05) is 28.1 Å². The summed E-state index contributed by atoms with van der Waals surface area (Å²) in [7, 11) is 0. The monoisotopic (exact) mass is 525 g/mol. The van der Waals surface area contributed by atoms with Crippen LogP contribution in [-0.4, -0.2) is 18.3 Å². The molecule has 9 heteroatoms. The van der Waals surface area contributed by atoms with Gasteiger partial charge >= 0.3 is 5.97 Å². The van der Waals surface area contributed by atoms with E-state index in [4.69, 9.17) is 15.2 Å². The molecule has 0 saturated heterocycles. The molecule has 0 fully saturated rings. The fourth-order valence-electron chi connectivity index (χ4n) is 3.58. The van der Waals surface area contributed by atoms with Crippen LogP contribution in [0.5, 0.6) is 0 Å². The van der Waals surface area contributed by atoms with Crippen molar-refractivity contribution in [2.24, 2.45) is 5.73 Å². The van der Waals surface area contributed by atoms with Gasteiger partial charge in [-0.15, -0.1) is 0 Å². The second-order valence-corrected chi connectivity index (χ2v) is 9.17. The summed E-state index contributed by atoms with van der Waals surface area (Å²) in [6.45, 7) is 5.65. The summed E-state index contributed by atoms with van der Waals surface area (Å²) in [5, 5.41) is 20.0. The lowest BCUT2D eigenvalue weighted by Gasteiger charge is -2.28. The van der Waals surface area contributed by atoms with Crippen LogP contribution in [0.4, 0.5) is 0 Å². The van der Waals surface area contributed by atoms with E-state index in [1.165, 1.54) is 11.8 Å². The zero-order chi connectivity index (χ0) is 24.1. The fourth-order valence-corrected chi connectivity index (χ4v) is 4.92. The Kier molecular flexibility index (Phi) is 7.80. The van der Waals surface area contributed by atoms with Crippen LogP contribution in [-0.2, 0) is 14.3 Å².